The van der Waals surface area contributed by atoms with Crippen LogP contribution in [0.25, 0.3) is 22.0 Å². The molecule has 2 heteroatoms. The summed E-state index contributed by atoms with van der Waals surface area (Å²) in [6.07, 6.45) is 8.82. The summed E-state index contributed by atoms with van der Waals surface area (Å²) in [6.45, 7) is 2.20. The molecule has 4 rings (SSSR count). The molecule has 26 heavy (non-hydrogen) atoms. The summed E-state index contributed by atoms with van der Waals surface area (Å²) in [6, 6.07) is 17.4. The number of nitrogens with zero attached hydrogens (tertiary/aromatic N) is 2. The lowest BCUT2D eigenvalue weighted by Gasteiger charge is -2.22. The third kappa shape index (κ3) is 2.99. The SMILES string of the molecule is Cc1ccc(C2CCCCC2)cc1-c1c2ccc(C#N)cc2cc[n+]1C. The largest absolute Gasteiger partial charge is 0.220 e. The molecule has 0 aliphatic heterocycles. The highest BCUT2D eigenvalue weighted by molar-refractivity contribution is 5.94. The lowest BCUT2D eigenvalue weighted by atomic mass is 9.82. The Morgan fingerprint density at radius 3 is 2.58 bits per heavy atom. The third-order valence-electron chi connectivity index (χ3n) is 5.86. The zero-order valence-electron chi connectivity index (χ0n) is 15.6. The molecule has 1 heterocycles. The molecule has 0 saturated heterocycles. The molecule has 130 valence electrons. The maximum absolute atomic E-state index is 9.21. The number of fused-ring (bicyclic) bond motifs is 1. The van der Waals surface area contributed by atoms with Crippen molar-refractivity contribution in [3.8, 4) is 17.3 Å². The summed E-state index contributed by atoms with van der Waals surface area (Å²) in [5.74, 6) is 0.702. The average molecular weight is 341 g/mol. The van der Waals surface area contributed by atoms with E-state index in [1.54, 1.807) is 0 Å². The number of nitriles is 1. The Morgan fingerprint density at radius 2 is 1.81 bits per heavy atom. The minimum atomic E-state index is 0.702. The Morgan fingerprint density at radius 1 is 1.00 bits per heavy atom. The van der Waals surface area contributed by atoms with Gasteiger partial charge in [0.15, 0.2) is 6.20 Å². The topological polar surface area (TPSA) is 27.7 Å². The van der Waals surface area contributed by atoms with Gasteiger partial charge in [-0.2, -0.15) is 5.26 Å². The number of aromatic nitrogens is 1. The summed E-state index contributed by atoms with van der Waals surface area (Å²) in [7, 11) is 2.11. The predicted octanol–water partition coefficient (Wildman–Crippen LogP) is 5.56. The van der Waals surface area contributed by atoms with Crippen LogP contribution in [0.1, 0.15) is 54.7 Å². The van der Waals surface area contributed by atoms with E-state index in [1.165, 1.54) is 59.9 Å². The van der Waals surface area contributed by atoms with Crippen LogP contribution in [0, 0.1) is 18.3 Å². The number of hydrogen-bond donors (Lipinski definition) is 0. The van der Waals surface area contributed by atoms with E-state index in [1.807, 2.05) is 12.1 Å². The monoisotopic (exact) mass is 341 g/mol. The Hall–Kier alpha value is -2.66. The van der Waals surface area contributed by atoms with E-state index < -0.39 is 0 Å². The molecule has 1 fully saturated rings. The molecule has 0 spiro atoms. The fraction of sp³-hybridized carbons (Fsp3) is 0.333. The van der Waals surface area contributed by atoms with Gasteiger partial charge in [-0.3, -0.25) is 0 Å². The van der Waals surface area contributed by atoms with Crippen LogP contribution in [0.15, 0.2) is 48.7 Å². The summed E-state index contributed by atoms with van der Waals surface area (Å²) in [5, 5.41) is 11.5. The van der Waals surface area contributed by atoms with Gasteiger partial charge in [0.2, 0.25) is 5.69 Å². The van der Waals surface area contributed by atoms with Crippen LogP contribution >= 0.6 is 0 Å². The van der Waals surface area contributed by atoms with E-state index >= 15 is 0 Å². The fourth-order valence-electron chi connectivity index (χ4n) is 4.36. The highest BCUT2D eigenvalue weighted by atomic mass is 14.9. The second-order valence-electron chi connectivity index (χ2n) is 7.60. The van der Waals surface area contributed by atoms with Gasteiger partial charge in [0.25, 0.3) is 0 Å². The molecule has 0 bridgehead atoms. The van der Waals surface area contributed by atoms with E-state index in [0.717, 1.165) is 5.39 Å². The summed E-state index contributed by atoms with van der Waals surface area (Å²) in [4.78, 5) is 0. The number of hydrogen-bond acceptors (Lipinski definition) is 1. The lowest BCUT2D eigenvalue weighted by Crippen LogP contribution is -2.30. The molecular formula is C24H25N2+. The van der Waals surface area contributed by atoms with Crippen LogP contribution < -0.4 is 4.57 Å². The fourth-order valence-corrected chi connectivity index (χ4v) is 4.36. The van der Waals surface area contributed by atoms with Gasteiger partial charge >= 0.3 is 0 Å². The smallest absolute Gasteiger partial charge is 0.200 e. The molecule has 1 aromatic heterocycles. The Balaban J connectivity index is 1.89. The Kier molecular flexibility index (Phi) is 4.47. The van der Waals surface area contributed by atoms with Crippen molar-refractivity contribution in [1.29, 1.82) is 5.26 Å². The zero-order chi connectivity index (χ0) is 18.1. The van der Waals surface area contributed by atoms with Gasteiger partial charge in [-0.15, -0.1) is 0 Å². The van der Waals surface area contributed by atoms with Crippen LogP contribution in [0.5, 0.6) is 0 Å². The van der Waals surface area contributed by atoms with E-state index in [9.17, 15) is 5.26 Å². The van der Waals surface area contributed by atoms with Crippen molar-refractivity contribution in [3.63, 3.8) is 0 Å². The maximum Gasteiger partial charge on any atom is 0.220 e. The van der Waals surface area contributed by atoms with Crippen LogP contribution in [-0.2, 0) is 7.05 Å². The zero-order valence-corrected chi connectivity index (χ0v) is 15.6. The van der Waals surface area contributed by atoms with Gasteiger partial charge in [0, 0.05) is 11.6 Å². The molecule has 0 N–H and O–H groups in total. The van der Waals surface area contributed by atoms with Gasteiger partial charge in [0.1, 0.15) is 7.05 Å². The van der Waals surface area contributed by atoms with E-state index in [2.05, 4.69) is 61.1 Å². The van der Waals surface area contributed by atoms with Crippen LogP contribution in [-0.4, -0.2) is 0 Å². The van der Waals surface area contributed by atoms with E-state index in [0.29, 0.717) is 11.5 Å². The van der Waals surface area contributed by atoms with E-state index in [4.69, 9.17) is 0 Å². The van der Waals surface area contributed by atoms with Crippen molar-refractivity contribution in [2.75, 3.05) is 0 Å². The molecule has 2 nitrogen and oxygen atoms in total. The average Bonchev–Trinajstić information content (AvgIpc) is 2.69. The second kappa shape index (κ2) is 6.92. The third-order valence-corrected chi connectivity index (χ3v) is 5.86. The molecule has 0 radical (unpaired) electrons. The standard InChI is InChI=1S/C24H25N2/c1-17-8-10-20(19-6-4-3-5-7-19)15-23(17)24-22-11-9-18(16-25)14-21(22)12-13-26(24)2/h8-15,19H,3-7H2,1-2H3/q+1. The van der Waals surface area contributed by atoms with Gasteiger partial charge < -0.3 is 0 Å². The number of aryl methyl sites for hydroxylation is 2. The molecule has 2 aromatic carbocycles. The Labute approximate surface area is 155 Å². The minimum absolute atomic E-state index is 0.702. The summed E-state index contributed by atoms with van der Waals surface area (Å²) in [5.41, 5.74) is 6.05. The van der Waals surface area contributed by atoms with Crippen LogP contribution in [0.2, 0.25) is 0 Å². The lowest BCUT2D eigenvalue weighted by molar-refractivity contribution is -0.659. The quantitative estimate of drug-likeness (QED) is 0.561. The van der Waals surface area contributed by atoms with Crippen LogP contribution in [0.4, 0.5) is 0 Å². The molecule has 1 aliphatic rings. The first-order chi connectivity index (χ1) is 12.7. The minimum Gasteiger partial charge on any atom is -0.200 e. The summed E-state index contributed by atoms with van der Waals surface area (Å²) >= 11 is 0. The first kappa shape index (κ1) is 16.8. The summed E-state index contributed by atoms with van der Waals surface area (Å²) < 4.78 is 2.21. The molecule has 3 aromatic rings. The first-order valence-electron chi connectivity index (χ1n) is 9.61. The molecule has 0 atom stereocenters. The van der Waals surface area contributed by atoms with Crippen molar-refractivity contribution in [2.24, 2.45) is 7.05 Å². The van der Waals surface area contributed by atoms with Crippen molar-refractivity contribution < 1.29 is 4.57 Å². The molecule has 1 saturated carbocycles. The van der Waals surface area contributed by atoms with Gasteiger partial charge in [0.05, 0.1) is 17.0 Å². The number of benzene rings is 2. The van der Waals surface area contributed by atoms with E-state index in [-0.39, 0.29) is 0 Å². The predicted molar refractivity (Wildman–Crippen MR) is 106 cm³/mol. The number of pyridine rings is 1. The molecule has 0 unspecified atom stereocenters. The first-order valence-corrected chi connectivity index (χ1v) is 9.61. The normalized spacial score (nSPS) is 15.1. The van der Waals surface area contributed by atoms with Crippen molar-refractivity contribution >= 4 is 10.8 Å². The van der Waals surface area contributed by atoms with Crippen molar-refractivity contribution in [2.45, 2.75) is 44.9 Å². The van der Waals surface area contributed by atoms with Gasteiger partial charge in [-0.25, -0.2) is 4.57 Å². The van der Waals surface area contributed by atoms with Crippen LogP contribution in [0.3, 0.4) is 0 Å². The molecule has 1 aliphatic carbocycles. The maximum atomic E-state index is 9.21. The number of rotatable bonds is 2. The molecular weight excluding hydrogens is 316 g/mol. The highest BCUT2D eigenvalue weighted by Gasteiger charge is 2.21. The Bertz CT molecular complexity index is 1000. The van der Waals surface area contributed by atoms with Crippen molar-refractivity contribution in [1.82, 2.24) is 0 Å². The van der Waals surface area contributed by atoms with Gasteiger partial charge in [-0.1, -0.05) is 31.4 Å². The van der Waals surface area contributed by atoms with Crippen molar-refractivity contribution in [3.05, 3.63) is 65.4 Å². The highest BCUT2D eigenvalue weighted by Crippen LogP contribution is 2.36. The second-order valence-corrected chi connectivity index (χ2v) is 7.60. The van der Waals surface area contributed by atoms with Gasteiger partial charge in [-0.05, 0) is 66.5 Å². The molecule has 0 amide bonds.